The van der Waals surface area contributed by atoms with Gasteiger partial charge < -0.3 is 4.90 Å². The number of benzene rings is 2. The Hall–Kier alpha value is -3.08. The van der Waals surface area contributed by atoms with Gasteiger partial charge >= 0.3 is 0 Å². The molecule has 0 saturated carbocycles. The van der Waals surface area contributed by atoms with Crippen LogP contribution in [0.2, 0.25) is 0 Å². The van der Waals surface area contributed by atoms with E-state index in [4.69, 9.17) is 4.98 Å². The Bertz CT molecular complexity index is 1010. The molecule has 0 aliphatic carbocycles. The smallest absolute Gasteiger partial charge is 0.222 e. The highest BCUT2D eigenvalue weighted by molar-refractivity contribution is 5.76. The molecule has 0 radical (unpaired) electrons. The Morgan fingerprint density at radius 3 is 2.53 bits per heavy atom. The van der Waals surface area contributed by atoms with E-state index in [1.807, 2.05) is 29.4 Å². The molecule has 2 aromatic carbocycles. The van der Waals surface area contributed by atoms with Gasteiger partial charge in [0.05, 0.1) is 17.6 Å². The van der Waals surface area contributed by atoms with Crippen molar-refractivity contribution in [2.24, 2.45) is 0 Å². The average molecular weight is 404 g/mol. The molecule has 1 fully saturated rings. The van der Waals surface area contributed by atoms with Crippen molar-refractivity contribution in [3.05, 3.63) is 83.6 Å². The van der Waals surface area contributed by atoms with Gasteiger partial charge in [-0.2, -0.15) is 0 Å². The molecule has 4 rings (SSSR count). The van der Waals surface area contributed by atoms with Gasteiger partial charge in [-0.15, -0.1) is 0 Å². The van der Waals surface area contributed by atoms with Crippen LogP contribution >= 0.6 is 0 Å². The van der Waals surface area contributed by atoms with Gasteiger partial charge in [0, 0.05) is 37.2 Å². The van der Waals surface area contributed by atoms with Gasteiger partial charge in [0.25, 0.3) is 0 Å². The van der Waals surface area contributed by atoms with E-state index >= 15 is 0 Å². The number of hydrogen-bond acceptors (Lipinski definition) is 3. The second-order valence-corrected chi connectivity index (χ2v) is 7.93. The van der Waals surface area contributed by atoms with E-state index in [9.17, 15) is 9.18 Å². The monoisotopic (exact) mass is 403 g/mol. The summed E-state index contributed by atoms with van der Waals surface area (Å²) in [4.78, 5) is 23.8. The van der Waals surface area contributed by atoms with E-state index in [-0.39, 0.29) is 11.7 Å². The fraction of sp³-hybridized carbons (Fsp3) is 0.320. The molecular weight excluding hydrogens is 377 g/mol. The van der Waals surface area contributed by atoms with E-state index in [1.165, 1.54) is 17.7 Å². The van der Waals surface area contributed by atoms with Crippen molar-refractivity contribution < 1.29 is 9.18 Å². The van der Waals surface area contributed by atoms with Crippen molar-refractivity contribution in [1.29, 1.82) is 0 Å². The Kier molecular flexibility index (Phi) is 6.17. The van der Waals surface area contributed by atoms with Crippen molar-refractivity contribution >= 4 is 5.91 Å². The number of aromatic nitrogens is 2. The molecule has 30 heavy (non-hydrogen) atoms. The topological polar surface area (TPSA) is 46.1 Å². The summed E-state index contributed by atoms with van der Waals surface area (Å²) in [6.45, 7) is 3.56. The third-order valence-electron chi connectivity index (χ3n) is 5.88. The first kappa shape index (κ1) is 20.2. The Labute approximate surface area is 176 Å². The molecule has 154 valence electrons. The molecule has 1 aromatic heterocycles. The van der Waals surface area contributed by atoms with E-state index in [1.54, 1.807) is 12.1 Å². The lowest BCUT2D eigenvalue weighted by Crippen LogP contribution is -2.38. The molecular formula is C25H26FN3O. The molecule has 1 aliphatic rings. The zero-order valence-electron chi connectivity index (χ0n) is 17.2. The number of piperidine rings is 1. The molecule has 0 spiro atoms. The van der Waals surface area contributed by atoms with E-state index in [0.717, 1.165) is 48.4 Å². The number of likely N-dealkylation sites (tertiary alicyclic amines) is 1. The van der Waals surface area contributed by atoms with Gasteiger partial charge in [-0.25, -0.2) is 9.37 Å². The third-order valence-corrected chi connectivity index (χ3v) is 5.88. The first-order valence-electron chi connectivity index (χ1n) is 10.5. The summed E-state index contributed by atoms with van der Waals surface area (Å²) in [5.41, 5.74) is 5.20. The molecule has 1 aliphatic heterocycles. The van der Waals surface area contributed by atoms with Crippen LogP contribution in [0.3, 0.4) is 0 Å². The standard InChI is InChI=1S/C25H26FN3O/c1-18-4-2-3-5-22(18)24-17-27-16-23(28-24)20-12-14-29(15-13-20)25(30)11-8-19-6-9-21(26)10-7-19/h2-7,9-10,16-17,20H,8,11-15H2,1H3. The van der Waals surface area contributed by atoms with Gasteiger partial charge in [-0.3, -0.25) is 9.78 Å². The summed E-state index contributed by atoms with van der Waals surface area (Å²) in [5, 5.41) is 0. The lowest BCUT2D eigenvalue weighted by atomic mass is 9.93. The highest BCUT2D eigenvalue weighted by Gasteiger charge is 2.25. The van der Waals surface area contributed by atoms with E-state index in [0.29, 0.717) is 18.8 Å². The molecule has 1 amide bonds. The molecule has 4 nitrogen and oxygen atoms in total. The second-order valence-electron chi connectivity index (χ2n) is 7.93. The fourth-order valence-corrected chi connectivity index (χ4v) is 4.05. The molecule has 1 saturated heterocycles. The molecule has 2 heterocycles. The summed E-state index contributed by atoms with van der Waals surface area (Å²) in [6, 6.07) is 14.6. The fourth-order valence-electron chi connectivity index (χ4n) is 4.05. The number of hydrogen-bond donors (Lipinski definition) is 0. The summed E-state index contributed by atoms with van der Waals surface area (Å²) in [7, 11) is 0. The lowest BCUT2D eigenvalue weighted by Gasteiger charge is -2.32. The zero-order valence-corrected chi connectivity index (χ0v) is 17.2. The van der Waals surface area contributed by atoms with Crippen molar-refractivity contribution in [3.63, 3.8) is 0 Å². The number of aryl methyl sites for hydroxylation is 2. The van der Waals surface area contributed by atoms with Gasteiger partial charge in [-0.05, 0) is 49.4 Å². The predicted octanol–water partition coefficient (Wildman–Crippen LogP) is 4.93. The van der Waals surface area contributed by atoms with Gasteiger partial charge in [0.15, 0.2) is 0 Å². The number of rotatable bonds is 5. The first-order chi connectivity index (χ1) is 14.6. The minimum absolute atomic E-state index is 0.164. The van der Waals surface area contributed by atoms with E-state index < -0.39 is 0 Å². The van der Waals surface area contributed by atoms with Crippen LogP contribution in [-0.4, -0.2) is 33.9 Å². The van der Waals surface area contributed by atoms with Gasteiger partial charge in [-0.1, -0.05) is 36.4 Å². The lowest BCUT2D eigenvalue weighted by molar-refractivity contribution is -0.132. The minimum atomic E-state index is -0.248. The number of carbonyl (C=O) groups excluding carboxylic acids is 1. The Morgan fingerprint density at radius 2 is 1.80 bits per heavy atom. The van der Waals surface area contributed by atoms with Gasteiger partial charge in [0.1, 0.15) is 5.82 Å². The Morgan fingerprint density at radius 1 is 1.07 bits per heavy atom. The number of nitrogens with zero attached hydrogens (tertiary/aromatic N) is 3. The van der Waals surface area contributed by atoms with Crippen LogP contribution in [0.4, 0.5) is 4.39 Å². The van der Waals surface area contributed by atoms with Crippen LogP contribution in [0, 0.1) is 12.7 Å². The third kappa shape index (κ3) is 4.73. The molecule has 3 aromatic rings. The molecule has 0 bridgehead atoms. The minimum Gasteiger partial charge on any atom is -0.343 e. The maximum absolute atomic E-state index is 13.0. The molecule has 5 heteroatoms. The molecule has 0 N–H and O–H groups in total. The summed E-state index contributed by atoms with van der Waals surface area (Å²) < 4.78 is 13.0. The van der Waals surface area contributed by atoms with Crippen LogP contribution < -0.4 is 0 Å². The largest absolute Gasteiger partial charge is 0.343 e. The van der Waals surface area contributed by atoms with Crippen LogP contribution in [0.15, 0.2) is 60.9 Å². The number of halogens is 1. The SMILES string of the molecule is Cc1ccccc1-c1cncc(C2CCN(C(=O)CCc3ccc(F)cc3)CC2)n1. The molecule has 0 atom stereocenters. The number of carbonyl (C=O) groups is 1. The second kappa shape index (κ2) is 9.16. The highest BCUT2D eigenvalue weighted by atomic mass is 19.1. The van der Waals surface area contributed by atoms with Crippen molar-refractivity contribution in [3.8, 4) is 11.3 Å². The zero-order chi connectivity index (χ0) is 20.9. The number of amides is 1. The van der Waals surface area contributed by atoms with Crippen LogP contribution in [-0.2, 0) is 11.2 Å². The maximum atomic E-state index is 13.0. The van der Waals surface area contributed by atoms with Gasteiger partial charge in [0.2, 0.25) is 5.91 Å². The van der Waals surface area contributed by atoms with Crippen molar-refractivity contribution in [2.75, 3.05) is 13.1 Å². The van der Waals surface area contributed by atoms with Crippen LogP contribution in [0.25, 0.3) is 11.3 Å². The van der Waals surface area contributed by atoms with Crippen molar-refractivity contribution in [1.82, 2.24) is 14.9 Å². The first-order valence-corrected chi connectivity index (χ1v) is 10.5. The quantitative estimate of drug-likeness (QED) is 0.607. The van der Waals surface area contributed by atoms with Crippen molar-refractivity contribution in [2.45, 2.75) is 38.5 Å². The molecule has 0 unspecified atom stereocenters. The highest BCUT2D eigenvalue weighted by Crippen LogP contribution is 2.29. The average Bonchev–Trinajstić information content (AvgIpc) is 2.79. The predicted molar refractivity (Wildman–Crippen MR) is 115 cm³/mol. The Balaban J connectivity index is 1.34. The normalized spacial score (nSPS) is 14.7. The van der Waals surface area contributed by atoms with Crippen LogP contribution in [0.1, 0.15) is 42.0 Å². The summed E-state index contributed by atoms with van der Waals surface area (Å²) in [5.74, 6) is 0.238. The van der Waals surface area contributed by atoms with E-state index in [2.05, 4.69) is 24.0 Å². The summed E-state index contributed by atoms with van der Waals surface area (Å²) in [6.07, 6.45) is 6.57. The van der Waals surface area contributed by atoms with Crippen LogP contribution in [0.5, 0.6) is 0 Å². The summed E-state index contributed by atoms with van der Waals surface area (Å²) >= 11 is 0. The maximum Gasteiger partial charge on any atom is 0.222 e.